The molecule has 1 atom stereocenters. The molecule has 158 valence electrons. The van der Waals surface area contributed by atoms with Crippen molar-refractivity contribution in [3.63, 3.8) is 0 Å². The van der Waals surface area contributed by atoms with Crippen molar-refractivity contribution < 1.29 is 22.7 Å². The lowest BCUT2D eigenvalue weighted by Gasteiger charge is -2.14. The lowest BCUT2D eigenvalue weighted by Crippen LogP contribution is -2.20. The largest absolute Gasteiger partial charge is 0.496 e. The Labute approximate surface area is 178 Å². The second kappa shape index (κ2) is 10.00. The minimum Gasteiger partial charge on any atom is -0.496 e. The standard InChI is InChI=1S/C20H24N2O5S.H2S/c1-26-18-8-7-15(28(24,25)13-14-9-10-21-12-14)11-16(18)20(23)22-17-5-3-4-6-19(17)27-2;/h3-8,11,14,21H,9-10,12-13H2,1-2H3,(H,22,23);1H2/t14-;/m0./s1. The minimum absolute atomic E-state index is 0. The summed E-state index contributed by atoms with van der Waals surface area (Å²) in [6.07, 6.45) is 0.830. The Morgan fingerprint density at radius 1 is 1.14 bits per heavy atom. The first kappa shape index (κ1) is 23.1. The molecule has 1 aliphatic heterocycles. The first-order chi connectivity index (χ1) is 13.4. The number of nitrogens with one attached hydrogen (secondary N) is 2. The van der Waals surface area contributed by atoms with Crippen molar-refractivity contribution >= 4 is 34.9 Å². The molecule has 0 saturated carbocycles. The first-order valence-electron chi connectivity index (χ1n) is 9.00. The van der Waals surface area contributed by atoms with E-state index in [0.717, 1.165) is 13.0 Å². The number of para-hydroxylation sites is 2. The van der Waals surface area contributed by atoms with Crippen LogP contribution in [0.4, 0.5) is 5.69 Å². The molecule has 0 radical (unpaired) electrons. The van der Waals surface area contributed by atoms with Crippen LogP contribution in [-0.4, -0.2) is 47.4 Å². The van der Waals surface area contributed by atoms with Crippen LogP contribution in [0.2, 0.25) is 0 Å². The summed E-state index contributed by atoms with van der Waals surface area (Å²) >= 11 is 0. The topological polar surface area (TPSA) is 93.7 Å². The Bertz CT molecular complexity index is 957. The number of rotatable bonds is 7. The van der Waals surface area contributed by atoms with E-state index in [9.17, 15) is 13.2 Å². The van der Waals surface area contributed by atoms with Gasteiger partial charge in [0, 0.05) is 0 Å². The predicted molar refractivity (Wildman–Crippen MR) is 117 cm³/mol. The predicted octanol–water partition coefficient (Wildman–Crippen LogP) is 2.45. The molecule has 29 heavy (non-hydrogen) atoms. The molecule has 0 aromatic heterocycles. The van der Waals surface area contributed by atoms with Gasteiger partial charge >= 0.3 is 0 Å². The zero-order valence-electron chi connectivity index (χ0n) is 16.4. The van der Waals surface area contributed by atoms with Gasteiger partial charge in [0.1, 0.15) is 11.5 Å². The van der Waals surface area contributed by atoms with Crippen molar-refractivity contribution in [3.05, 3.63) is 48.0 Å². The van der Waals surface area contributed by atoms with Gasteiger partial charge in [0.25, 0.3) is 5.91 Å². The number of ether oxygens (including phenoxy) is 2. The fourth-order valence-electron chi connectivity index (χ4n) is 3.26. The molecule has 2 aromatic carbocycles. The Kier molecular flexibility index (Phi) is 7.95. The molecule has 3 rings (SSSR count). The van der Waals surface area contributed by atoms with Crippen molar-refractivity contribution in [1.82, 2.24) is 5.32 Å². The molecule has 0 bridgehead atoms. The summed E-state index contributed by atoms with van der Waals surface area (Å²) in [5.41, 5.74) is 0.640. The number of carbonyl (C=O) groups excluding carboxylic acids is 1. The van der Waals surface area contributed by atoms with E-state index in [2.05, 4.69) is 10.6 Å². The molecule has 0 aliphatic carbocycles. The molecule has 2 N–H and O–H groups in total. The summed E-state index contributed by atoms with van der Waals surface area (Å²) in [7, 11) is -0.562. The molecular weight excluding hydrogens is 412 g/mol. The van der Waals surface area contributed by atoms with Crippen molar-refractivity contribution in [2.45, 2.75) is 11.3 Å². The Balaban J connectivity index is 0.00000300. The molecular formula is C20H26N2O5S2. The van der Waals surface area contributed by atoms with E-state index in [0.29, 0.717) is 23.7 Å². The Morgan fingerprint density at radius 2 is 1.86 bits per heavy atom. The van der Waals surface area contributed by atoms with Crippen LogP contribution < -0.4 is 20.1 Å². The van der Waals surface area contributed by atoms with Crippen molar-refractivity contribution in [3.8, 4) is 11.5 Å². The van der Waals surface area contributed by atoms with Crippen LogP contribution in [-0.2, 0) is 9.84 Å². The van der Waals surface area contributed by atoms with Crippen LogP contribution in [0.1, 0.15) is 16.8 Å². The van der Waals surface area contributed by atoms with E-state index in [1.165, 1.54) is 32.4 Å². The molecule has 0 spiro atoms. The highest BCUT2D eigenvalue weighted by Crippen LogP contribution is 2.28. The van der Waals surface area contributed by atoms with E-state index in [4.69, 9.17) is 9.47 Å². The van der Waals surface area contributed by atoms with Crippen LogP contribution in [0.15, 0.2) is 47.4 Å². The number of sulfone groups is 1. The number of anilines is 1. The molecule has 0 unspecified atom stereocenters. The fraction of sp³-hybridized carbons (Fsp3) is 0.350. The second-order valence-electron chi connectivity index (χ2n) is 6.66. The monoisotopic (exact) mass is 438 g/mol. The highest BCUT2D eigenvalue weighted by atomic mass is 32.2. The van der Waals surface area contributed by atoms with Gasteiger partial charge in [-0.15, -0.1) is 0 Å². The zero-order valence-corrected chi connectivity index (χ0v) is 18.2. The highest BCUT2D eigenvalue weighted by molar-refractivity contribution is 7.91. The van der Waals surface area contributed by atoms with Gasteiger partial charge in [-0.1, -0.05) is 12.1 Å². The van der Waals surface area contributed by atoms with Crippen LogP contribution >= 0.6 is 13.5 Å². The minimum atomic E-state index is -3.51. The third-order valence-corrected chi connectivity index (χ3v) is 6.63. The van der Waals surface area contributed by atoms with Crippen LogP contribution in [0.5, 0.6) is 11.5 Å². The van der Waals surface area contributed by atoms with Crippen molar-refractivity contribution in [2.75, 3.05) is 38.4 Å². The van der Waals surface area contributed by atoms with Gasteiger partial charge in [0.2, 0.25) is 0 Å². The fourth-order valence-corrected chi connectivity index (χ4v) is 4.93. The van der Waals surface area contributed by atoms with Gasteiger partial charge in [0.05, 0.1) is 36.1 Å². The number of hydrogen-bond acceptors (Lipinski definition) is 6. The van der Waals surface area contributed by atoms with Crippen LogP contribution in [0.25, 0.3) is 0 Å². The van der Waals surface area contributed by atoms with Crippen molar-refractivity contribution in [1.29, 1.82) is 0 Å². The molecule has 9 heteroatoms. The summed E-state index contributed by atoms with van der Waals surface area (Å²) in [6, 6.07) is 11.4. The molecule has 7 nitrogen and oxygen atoms in total. The van der Waals surface area contributed by atoms with E-state index >= 15 is 0 Å². The Hall–Kier alpha value is -2.23. The zero-order chi connectivity index (χ0) is 20.1. The normalized spacial score (nSPS) is 16.0. The summed E-state index contributed by atoms with van der Waals surface area (Å²) < 4.78 is 36.1. The summed E-state index contributed by atoms with van der Waals surface area (Å²) in [5, 5.41) is 5.93. The average molecular weight is 439 g/mol. The second-order valence-corrected chi connectivity index (χ2v) is 8.69. The average Bonchev–Trinajstić information content (AvgIpc) is 3.20. The van der Waals surface area contributed by atoms with Gasteiger partial charge in [0.15, 0.2) is 9.84 Å². The summed E-state index contributed by atoms with van der Waals surface area (Å²) in [6.45, 7) is 1.52. The van der Waals surface area contributed by atoms with Gasteiger partial charge in [-0.25, -0.2) is 8.42 Å². The molecule has 1 aliphatic rings. The van der Waals surface area contributed by atoms with Gasteiger partial charge < -0.3 is 20.1 Å². The third kappa shape index (κ3) is 5.43. The number of benzene rings is 2. The van der Waals surface area contributed by atoms with Crippen molar-refractivity contribution in [2.24, 2.45) is 5.92 Å². The maximum Gasteiger partial charge on any atom is 0.259 e. The number of carbonyl (C=O) groups is 1. The van der Waals surface area contributed by atoms with E-state index in [-0.39, 0.29) is 35.6 Å². The molecule has 2 aromatic rings. The summed E-state index contributed by atoms with van der Waals surface area (Å²) in [4.78, 5) is 13.0. The smallest absolute Gasteiger partial charge is 0.259 e. The third-order valence-electron chi connectivity index (χ3n) is 4.75. The SMILES string of the molecule is COc1ccccc1NC(=O)c1cc(S(=O)(=O)C[C@H]2CCNC2)ccc1OC.S. The van der Waals surface area contributed by atoms with Crippen LogP contribution in [0.3, 0.4) is 0 Å². The van der Waals surface area contributed by atoms with E-state index in [1.807, 2.05) is 0 Å². The van der Waals surface area contributed by atoms with Crippen LogP contribution in [0, 0.1) is 5.92 Å². The molecule has 1 heterocycles. The lowest BCUT2D eigenvalue weighted by molar-refractivity contribution is 0.102. The summed E-state index contributed by atoms with van der Waals surface area (Å²) in [5.74, 6) is 0.472. The maximum atomic E-state index is 12.8. The van der Waals surface area contributed by atoms with E-state index < -0.39 is 15.7 Å². The van der Waals surface area contributed by atoms with Gasteiger partial charge in [-0.05, 0) is 55.8 Å². The quantitative estimate of drug-likeness (QED) is 0.690. The lowest BCUT2D eigenvalue weighted by atomic mass is 10.1. The van der Waals surface area contributed by atoms with Gasteiger partial charge in [-0.3, -0.25) is 4.79 Å². The molecule has 1 amide bonds. The number of hydrogen-bond donors (Lipinski definition) is 2. The maximum absolute atomic E-state index is 12.8. The number of methoxy groups -OCH3 is 2. The Morgan fingerprint density at radius 3 is 2.52 bits per heavy atom. The number of amides is 1. The highest BCUT2D eigenvalue weighted by Gasteiger charge is 2.26. The van der Waals surface area contributed by atoms with Gasteiger partial charge in [-0.2, -0.15) is 13.5 Å². The van der Waals surface area contributed by atoms with E-state index in [1.54, 1.807) is 24.3 Å². The first-order valence-corrected chi connectivity index (χ1v) is 10.7. The molecule has 1 saturated heterocycles. The molecule has 1 fully saturated rings.